The van der Waals surface area contributed by atoms with E-state index in [2.05, 4.69) is 14.8 Å². The minimum absolute atomic E-state index is 0.0705. The third-order valence-electron chi connectivity index (χ3n) is 3.51. The van der Waals surface area contributed by atoms with Crippen molar-refractivity contribution in [2.24, 2.45) is 7.05 Å². The number of carbonyl (C=O) groups is 2. The van der Waals surface area contributed by atoms with Gasteiger partial charge in [-0.2, -0.15) is 0 Å². The summed E-state index contributed by atoms with van der Waals surface area (Å²) in [6.07, 6.45) is 0. The lowest BCUT2D eigenvalue weighted by Gasteiger charge is -2.05. The molecule has 0 saturated carbocycles. The Balaban J connectivity index is 2.22. The Kier molecular flexibility index (Phi) is 4.13. The lowest BCUT2D eigenvalue weighted by molar-refractivity contribution is -0.741. The molecular weight excluding hydrogens is 348 g/mol. The molecule has 0 aromatic carbocycles. The fourth-order valence-corrected chi connectivity index (χ4v) is 3.55. The van der Waals surface area contributed by atoms with Crippen LogP contribution < -0.4 is 15.5 Å². The van der Waals surface area contributed by atoms with E-state index < -0.39 is 17.7 Å². The van der Waals surface area contributed by atoms with Crippen LogP contribution in [-0.4, -0.2) is 28.6 Å². The molecule has 3 aromatic heterocycles. The number of hydrogen-bond donors (Lipinski definition) is 1. The number of aromatic nitrogens is 3. The van der Waals surface area contributed by atoms with Crippen molar-refractivity contribution in [2.45, 2.75) is 13.8 Å². The first-order chi connectivity index (χ1) is 11.8. The van der Waals surface area contributed by atoms with Gasteiger partial charge in [0.2, 0.25) is 0 Å². The summed E-state index contributed by atoms with van der Waals surface area (Å²) >= 11 is 0.996. The van der Waals surface area contributed by atoms with Crippen LogP contribution in [0.3, 0.4) is 0 Å². The van der Waals surface area contributed by atoms with Gasteiger partial charge in [-0.15, -0.1) is 11.3 Å². The number of nitrogens with two attached hydrogens (primary N) is 1. The largest absolute Gasteiger partial charge is 0.539 e. The normalized spacial score (nSPS) is 11.0. The van der Waals surface area contributed by atoms with Gasteiger partial charge in [0.25, 0.3) is 5.78 Å². The number of esters is 1. The molecule has 0 aliphatic heterocycles. The second-order valence-corrected chi connectivity index (χ2v) is 6.22. The van der Waals surface area contributed by atoms with Crippen LogP contribution in [0.25, 0.3) is 10.2 Å². The Morgan fingerprint density at radius 3 is 2.80 bits per heavy atom. The molecule has 0 amide bonds. The first kappa shape index (κ1) is 16.8. The molecule has 9 nitrogen and oxygen atoms in total. The van der Waals surface area contributed by atoms with Crippen LogP contribution >= 0.6 is 11.3 Å². The minimum Gasteiger partial charge on any atom is -0.539 e. The molecule has 130 valence electrons. The maximum Gasteiger partial charge on any atom is 0.338 e. The second-order valence-electron chi connectivity index (χ2n) is 5.22. The highest BCUT2D eigenvalue weighted by atomic mass is 32.1. The van der Waals surface area contributed by atoms with E-state index in [1.807, 2.05) is 0 Å². The van der Waals surface area contributed by atoms with Crippen LogP contribution in [-0.2, 0) is 11.8 Å². The van der Waals surface area contributed by atoms with Gasteiger partial charge in [0.15, 0.2) is 13.0 Å². The zero-order chi connectivity index (χ0) is 18.3. The van der Waals surface area contributed by atoms with Gasteiger partial charge in [-0.3, -0.25) is 4.79 Å². The van der Waals surface area contributed by atoms with Crippen molar-refractivity contribution in [3.8, 4) is 5.95 Å². The average molecular weight is 362 g/mol. The fraction of sp³-hybridized carbons (Fsp3) is 0.267. The number of fused-ring (bicyclic) bond motifs is 1. The van der Waals surface area contributed by atoms with Crippen LogP contribution in [0.15, 0.2) is 10.6 Å². The molecule has 10 heteroatoms. The molecular formula is C15H14N4O5S. The molecule has 0 fully saturated rings. The highest BCUT2D eigenvalue weighted by Crippen LogP contribution is 2.37. The molecule has 3 rings (SSSR count). The predicted octanol–water partition coefficient (Wildman–Crippen LogP) is 0.481. The molecule has 0 atom stereocenters. The number of nitrogens with zero attached hydrogens (tertiary/aromatic N) is 3. The van der Waals surface area contributed by atoms with E-state index in [4.69, 9.17) is 10.5 Å². The first-order valence-corrected chi connectivity index (χ1v) is 8.11. The van der Waals surface area contributed by atoms with Crippen LogP contribution in [0.2, 0.25) is 0 Å². The topological polar surface area (TPSA) is 135 Å². The smallest absolute Gasteiger partial charge is 0.338 e. The van der Waals surface area contributed by atoms with Gasteiger partial charge in [0.1, 0.15) is 9.71 Å². The highest BCUT2D eigenvalue weighted by Gasteiger charge is 2.30. The summed E-state index contributed by atoms with van der Waals surface area (Å²) in [6.45, 7) is 3.61. The van der Waals surface area contributed by atoms with E-state index in [9.17, 15) is 14.7 Å². The molecule has 3 aromatic rings. The summed E-state index contributed by atoms with van der Waals surface area (Å²) in [5.74, 6) is -2.05. The first-order valence-electron chi connectivity index (χ1n) is 7.29. The molecule has 0 unspecified atom stereocenters. The number of pyridine rings is 1. The van der Waals surface area contributed by atoms with Gasteiger partial charge in [0, 0.05) is 11.1 Å². The maximum atomic E-state index is 12.7. The zero-order valence-electron chi connectivity index (χ0n) is 13.7. The second kappa shape index (κ2) is 6.13. The van der Waals surface area contributed by atoms with Crippen molar-refractivity contribution in [1.82, 2.24) is 10.3 Å². The average Bonchev–Trinajstić information content (AvgIpc) is 3.06. The van der Waals surface area contributed by atoms with E-state index in [0.29, 0.717) is 15.9 Å². The van der Waals surface area contributed by atoms with Gasteiger partial charge in [0.05, 0.1) is 23.1 Å². The van der Waals surface area contributed by atoms with Gasteiger partial charge < -0.3 is 20.1 Å². The summed E-state index contributed by atoms with van der Waals surface area (Å²) in [4.78, 5) is 29.7. The number of thiophene rings is 1. The molecule has 2 N–H and O–H groups in total. The van der Waals surface area contributed by atoms with Crippen LogP contribution in [0.5, 0.6) is 5.95 Å². The number of nitrogen functional groups attached to an aromatic ring is 1. The van der Waals surface area contributed by atoms with Crippen molar-refractivity contribution in [3.63, 3.8) is 0 Å². The summed E-state index contributed by atoms with van der Waals surface area (Å²) in [7, 11) is 1.41. The number of rotatable bonds is 4. The molecule has 0 spiro atoms. The molecule has 3 heterocycles. The molecule has 0 aliphatic rings. The van der Waals surface area contributed by atoms with Gasteiger partial charge in [-0.1, -0.05) is 4.68 Å². The van der Waals surface area contributed by atoms with Gasteiger partial charge >= 0.3 is 11.7 Å². The van der Waals surface area contributed by atoms with Crippen LogP contribution in [0.4, 0.5) is 5.69 Å². The molecule has 0 radical (unpaired) electrons. The minimum atomic E-state index is -0.862. The van der Waals surface area contributed by atoms with Crippen molar-refractivity contribution < 1.29 is 28.6 Å². The van der Waals surface area contributed by atoms with Crippen molar-refractivity contribution >= 4 is 39.0 Å². The number of carbonyl (C=O) groups excluding carboxylic acids is 2. The number of ether oxygens (including phenoxy) is 1. The lowest BCUT2D eigenvalue weighted by Crippen LogP contribution is -2.37. The van der Waals surface area contributed by atoms with E-state index in [1.54, 1.807) is 19.9 Å². The predicted molar refractivity (Wildman–Crippen MR) is 85.3 cm³/mol. The van der Waals surface area contributed by atoms with E-state index in [-0.39, 0.29) is 28.4 Å². The fourth-order valence-electron chi connectivity index (χ4n) is 2.44. The Bertz CT molecular complexity index is 988. The summed E-state index contributed by atoms with van der Waals surface area (Å²) in [5.41, 5.74) is 6.73. The number of aryl methyl sites for hydroxylation is 2. The molecule has 0 saturated heterocycles. The summed E-state index contributed by atoms with van der Waals surface area (Å²) in [5, 5.41) is 15.4. The third-order valence-corrected chi connectivity index (χ3v) is 4.61. The number of ketones is 1. The molecule has 25 heavy (non-hydrogen) atoms. The van der Waals surface area contributed by atoms with Crippen molar-refractivity contribution in [2.75, 3.05) is 12.3 Å². The SMILES string of the molecule is CCOC(=O)c1cc(C)nc2sc(C(=O)c3c([O-])on[n+]3C)c(N)c12. The monoisotopic (exact) mass is 362 g/mol. The number of hydrogen-bond acceptors (Lipinski definition) is 9. The number of anilines is 1. The summed E-state index contributed by atoms with van der Waals surface area (Å²) < 4.78 is 10.6. The quantitative estimate of drug-likeness (QED) is 0.402. The standard InChI is InChI=1S/C15H14N4O5S/c1-4-23-14(21)7-5-6(2)17-13-8(7)9(16)12(25-13)11(20)10-15(22)24-18-19(10)3/h5H,4H2,1-3H3,(H2-,16,18,20,22). The Morgan fingerprint density at radius 1 is 1.48 bits per heavy atom. The Labute approximate surface area is 145 Å². The molecule has 0 aliphatic carbocycles. The van der Waals surface area contributed by atoms with Crippen LogP contribution in [0, 0.1) is 6.92 Å². The maximum absolute atomic E-state index is 12.7. The van der Waals surface area contributed by atoms with Gasteiger partial charge in [-0.25, -0.2) is 9.78 Å². The van der Waals surface area contributed by atoms with Crippen molar-refractivity contribution in [3.05, 3.63) is 27.9 Å². The molecule has 0 bridgehead atoms. The van der Waals surface area contributed by atoms with E-state index >= 15 is 0 Å². The lowest BCUT2D eigenvalue weighted by atomic mass is 10.1. The zero-order valence-corrected chi connectivity index (χ0v) is 14.5. The van der Waals surface area contributed by atoms with Gasteiger partial charge in [-0.05, 0) is 19.9 Å². The van der Waals surface area contributed by atoms with Crippen LogP contribution in [0.1, 0.15) is 38.3 Å². The van der Waals surface area contributed by atoms with E-state index in [0.717, 1.165) is 16.0 Å². The van der Waals surface area contributed by atoms with E-state index in [1.165, 1.54) is 7.05 Å². The summed E-state index contributed by atoms with van der Waals surface area (Å²) in [6, 6.07) is 1.55. The Morgan fingerprint density at radius 2 is 2.20 bits per heavy atom. The third kappa shape index (κ3) is 2.70. The Hall–Kier alpha value is -3.01. The van der Waals surface area contributed by atoms with Crippen molar-refractivity contribution in [1.29, 1.82) is 0 Å². The highest BCUT2D eigenvalue weighted by molar-refractivity contribution is 7.21.